The number of nitrogens with one attached hydrogen (secondary N) is 1. The summed E-state index contributed by atoms with van der Waals surface area (Å²) in [6, 6.07) is 17.1. The van der Waals surface area contributed by atoms with E-state index < -0.39 is 0 Å². The second-order valence-corrected chi connectivity index (χ2v) is 10.7. The van der Waals surface area contributed by atoms with Gasteiger partial charge in [-0.05, 0) is 77.5 Å². The van der Waals surface area contributed by atoms with Crippen LogP contribution < -0.4 is 10.9 Å². The van der Waals surface area contributed by atoms with E-state index in [1.54, 1.807) is 0 Å². The predicted molar refractivity (Wildman–Crippen MR) is 144 cm³/mol. The number of anilines is 2. The molecule has 0 atom stereocenters. The van der Waals surface area contributed by atoms with Crippen LogP contribution in [0.1, 0.15) is 48.4 Å². The van der Waals surface area contributed by atoms with Crippen LogP contribution in [0.4, 0.5) is 11.6 Å². The summed E-state index contributed by atoms with van der Waals surface area (Å²) in [5.41, 5.74) is 5.00. The summed E-state index contributed by atoms with van der Waals surface area (Å²) in [4.78, 5) is 23.8. The van der Waals surface area contributed by atoms with Gasteiger partial charge < -0.3 is 5.32 Å². The maximum absolute atomic E-state index is 13.1. The van der Waals surface area contributed by atoms with Gasteiger partial charge >= 0.3 is 0 Å². The van der Waals surface area contributed by atoms with E-state index in [1.807, 2.05) is 35.5 Å². The predicted octanol–water partition coefficient (Wildman–Crippen LogP) is 7.32. The standard InChI is InChI=1S/C27H27BrN4OS/c1-17-14-21(34-16-19-8-4-3-5-9-19)12-13-23(17)30-27-29-15-22-18(2)24(28)26(33)32(25(22)31-27)20-10-6-7-11-20/h3-5,8-9,12-15,20H,6-7,10-11,16H2,1-2H3,(H,29,30,31). The first kappa shape index (κ1) is 23.1. The largest absolute Gasteiger partial charge is 0.324 e. The summed E-state index contributed by atoms with van der Waals surface area (Å²) < 4.78 is 2.48. The van der Waals surface area contributed by atoms with Gasteiger partial charge in [-0.3, -0.25) is 9.36 Å². The number of halogens is 1. The highest BCUT2D eigenvalue weighted by Crippen LogP contribution is 2.33. The Bertz CT molecular complexity index is 1400. The number of nitrogens with zero attached hydrogens (tertiary/aromatic N) is 3. The van der Waals surface area contributed by atoms with Gasteiger partial charge in [0.15, 0.2) is 0 Å². The Balaban J connectivity index is 1.43. The number of pyridine rings is 1. The fourth-order valence-corrected chi connectivity index (χ4v) is 5.95. The Morgan fingerprint density at radius 1 is 1.12 bits per heavy atom. The van der Waals surface area contributed by atoms with Gasteiger partial charge in [0.25, 0.3) is 5.56 Å². The highest BCUT2D eigenvalue weighted by atomic mass is 79.9. The van der Waals surface area contributed by atoms with Gasteiger partial charge in [0.05, 0.1) is 4.47 Å². The first-order chi connectivity index (χ1) is 16.5. The van der Waals surface area contributed by atoms with Crippen molar-refractivity contribution in [2.45, 2.75) is 56.2 Å². The summed E-state index contributed by atoms with van der Waals surface area (Å²) in [5.74, 6) is 1.45. The number of hydrogen-bond donors (Lipinski definition) is 1. The van der Waals surface area contributed by atoms with Gasteiger partial charge in [-0.15, -0.1) is 11.8 Å². The maximum atomic E-state index is 13.1. The molecule has 5 nitrogen and oxygen atoms in total. The molecule has 7 heteroatoms. The summed E-state index contributed by atoms with van der Waals surface area (Å²) in [6.45, 7) is 4.03. The van der Waals surface area contributed by atoms with Crippen LogP contribution in [0.3, 0.4) is 0 Å². The molecule has 2 heterocycles. The number of aryl methyl sites for hydroxylation is 2. The Hall–Kier alpha value is -2.64. The molecule has 1 saturated carbocycles. The molecule has 0 saturated heterocycles. The number of thioether (sulfide) groups is 1. The van der Waals surface area contributed by atoms with Crippen LogP contribution in [-0.4, -0.2) is 14.5 Å². The van der Waals surface area contributed by atoms with Crippen molar-refractivity contribution in [1.82, 2.24) is 14.5 Å². The van der Waals surface area contributed by atoms with E-state index in [2.05, 4.69) is 75.6 Å². The Morgan fingerprint density at radius 3 is 2.62 bits per heavy atom. The number of hydrogen-bond acceptors (Lipinski definition) is 5. The molecule has 0 radical (unpaired) electrons. The molecular weight excluding hydrogens is 508 g/mol. The lowest BCUT2D eigenvalue weighted by Crippen LogP contribution is -2.26. The molecule has 1 aliphatic rings. The van der Waals surface area contributed by atoms with E-state index >= 15 is 0 Å². The van der Waals surface area contributed by atoms with Gasteiger partial charge in [0, 0.05) is 34.0 Å². The normalized spacial score (nSPS) is 14.1. The quantitative estimate of drug-likeness (QED) is 0.262. The zero-order valence-corrected chi connectivity index (χ0v) is 21.7. The Labute approximate surface area is 212 Å². The van der Waals surface area contributed by atoms with Crippen LogP contribution in [0, 0.1) is 13.8 Å². The van der Waals surface area contributed by atoms with E-state index in [4.69, 9.17) is 4.98 Å². The van der Waals surface area contributed by atoms with Crippen LogP contribution >= 0.6 is 27.7 Å². The van der Waals surface area contributed by atoms with E-state index in [0.717, 1.165) is 53.6 Å². The average Bonchev–Trinajstić information content (AvgIpc) is 3.38. The smallest absolute Gasteiger partial charge is 0.267 e. The SMILES string of the molecule is Cc1cc(SCc2ccccc2)ccc1Nc1ncc2c(C)c(Br)c(=O)n(C3CCCC3)c2n1. The minimum absolute atomic E-state index is 0.00229. The minimum Gasteiger partial charge on any atom is -0.324 e. The third kappa shape index (κ3) is 4.64. The van der Waals surface area contributed by atoms with E-state index in [-0.39, 0.29) is 11.6 Å². The minimum atomic E-state index is -0.00229. The molecule has 0 spiro atoms. The van der Waals surface area contributed by atoms with Crippen LogP contribution in [-0.2, 0) is 5.75 Å². The van der Waals surface area contributed by atoms with Crippen LogP contribution in [0.5, 0.6) is 0 Å². The molecule has 4 aromatic rings. The first-order valence-corrected chi connectivity index (χ1v) is 13.4. The molecule has 1 fully saturated rings. The van der Waals surface area contributed by atoms with Crippen LogP contribution in [0.25, 0.3) is 11.0 Å². The molecule has 2 aromatic carbocycles. The Kier molecular flexibility index (Phi) is 6.75. The van der Waals surface area contributed by atoms with Gasteiger partial charge in [0.1, 0.15) is 5.65 Å². The summed E-state index contributed by atoms with van der Waals surface area (Å²) in [7, 11) is 0. The van der Waals surface area contributed by atoms with Gasteiger partial charge in [-0.1, -0.05) is 43.2 Å². The third-order valence-corrected chi connectivity index (χ3v) is 8.52. The van der Waals surface area contributed by atoms with Crippen molar-refractivity contribution in [1.29, 1.82) is 0 Å². The number of benzene rings is 2. The van der Waals surface area contributed by atoms with E-state index in [1.165, 1.54) is 10.5 Å². The van der Waals surface area contributed by atoms with Crippen LogP contribution in [0.2, 0.25) is 0 Å². The van der Waals surface area contributed by atoms with Crippen molar-refractivity contribution < 1.29 is 0 Å². The lowest BCUT2D eigenvalue weighted by Gasteiger charge is -2.19. The molecule has 0 aliphatic heterocycles. The molecule has 5 rings (SSSR count). The van der Waals surface area contributed by atoms with Crippen molar-refractivity contribution in [2.24, 2.45) is 0 Å². The molecule has 0 bridgehead atoms. The lowest BCUT2D eigenvalue weighted by atomic mass is 10.1. The van der Waals surface area contributed by atoms with Gasteiger partial charge in [-0.2, -0.15) is 4.98 Å². The summed E-state index contributed by atoms with van der Waals surface area (Å²) in [6.07, 6.45) is 6.15. The van der Waals surface area contributed by atoms with Crippen molar-refractivity contribution >= 4 is 50.4 Å². The molecule has 1 aliphatic carbocycles. The fourth-order valence-electron chi connectivity index (χ4n) is 4.59. The van der Waals surface area contributed by atoms with E-state index in [9.17, 15) is 4.79 Å². The number of rotatable bonds is 6. The average molecular weight is 536 g/mol. The zero-order valence-electron chi connectivity index (χ0n) is 19.3. The second-order valence-electron chi connectivity index (χ2n) is 8.86. The fraction of sp³-hybridized carbons (Fsp3) is 0.296. The zero-order chi connectivity index (χ0) is 23.7. The second kappa shape index (κ2) is 9.92. The highest BCUT2D eigenvalue weighted by molar-refractivity contribution is 9.10. The monoisotopic (exact) mass is 534 g/mol. The third-order valence-electron chi connectivity index (χ3n) is 6.52. The highest BCUT2D eigenvalue weighted by Gasteiger charge is 2.23. The summed E-state index contributed by atoms with van der Waals surface area (Å²) in [5, 5.41) is 4.29. The number of fused-ring (bicyclic) bond motifs is 1. The van der Waals surface area contributed by atoms with Crippen molar-refractivity contribution in [2.75, 3.05) is 5.32 Å². The van der Waals surface area contributed by atoms with Gasteiger partial charge in [-0.25, -0.2) is 4.98 Å². The van der Waals surface area contributed by atoms with Gasteiger partial charge in [0.2, 0.25) is 5.95 Å². The molecule has 0 unspecified atom stereocenters. The number of aromatic nitrogens is 3. The van der Waals surface area contributed by atoms with Crippen molar-refractivity contribution in [3.05, 3.63) is 86.2 Å². The molecule has 34 heavy (non-hydrogen) atoms. The van der Waals surface area contributed by atoms with Crippen LogP contribution in [0.15, 0.2) is 68.9 Å². The topological polar surface area (TPSA) is 59.8 Å². The molecule has 2 aromatic heterocycles. The maximum Gasteiger partial charge on any atom is 0.267 e. The molecule has 1 N–H and O–H groups in total. The molecule has 0 amide bonds. The van der Waals surface area contributed by atoms with E-state index in [0.29, 0.717) is 16.1 Å². The lowest BCUT2D eigenvalue weighted by molar-refractivity contribution is 0.514. The summed E-state index contributed by atoms with van der Waals surface area (Å²) >= 11 is 5.33. The van der Waals surface area contributed by atoms with Crippen molar-refractivity contribution in [3.63, 3.8) is 0 Å². The Morgan fingerprint density at radius 2 is 1.88 bits per heavy atom. The van der Waals surface area contributed by atoms with Crippen molar-refractivity contribution in [3.8, 4) is 0 Å². The first-order valence-electron chi connectivity index (χ1n) is 11.6. The molecular formula is C27H27BrN4OS. The molecule has 174 valence electrons.